The molecule has 0 aliphatic carbocycles. The minimum Gasteiger partial charge on any atom is -0.423 e. The molecule has 2 N–H and O–H groups in total. The number of amides is 1. The van der Waals surface area contributed by atoms with Crippen LogP contribution in [0.3, 0.4) is 0 Å². The van der Waals surface area contributed by atoms with E-state index in [0.29, 0.717) is 5.56 Å². The zero-order valence-electron chi connectivity index (χ0n) is 8.44. The van der Waals surface area contributed by atoms with E-state index >= 15 is 0 Å². The molecule has 0 atom stereocenters. The van der Waals surface area contributed by atoms with E-state index in [1.807, 2.05) is 0 Å². The van der Waals surface area contributed by atoms with Crippen LogP contribution >= 0.6 is 11.6 Å². The van der Waals surface area contributed by atoms with Gasteiger partial charge in [-0.3, -0.25) is 4.79 Å². The fourth-order valence-electron chi connectivity index (χ4n) is 1.13. The van der Waals surface area contributed by atoms with Crippen LogP contribution in [0.5, 0.6) is 0 Å². The lowest BCUT2D eigenvalue weighted by Crippen LogP contribution is -2.31. The summed E-state index contributed by atoms with van der Waals surface area (Å²) in [6, 6.07) is 4.34. The molecule has 80 valence electrons. The molecule has 0 fully saturated rings. The van der Waals surface area contributed by atoms with Crippen molar-refractivity contribution in [2.45, 2.75) is 0 Å². The monoisotopic (exact) mass is 227 g/mol. The molecule has 6 heteroatoms. The van der Waals surface area contributed by atoms with Crippen LogP contribution in [0.25, 0.3) is 0 Å². The van der Waals surface area contributed by atoms with Gasteiger partial charge in [0.25, 0.3) is 5.91 Å². The Morgan fingerprint density at radius 3 is 2.40 bits per heavy atom. The summed E-state index contributed by atoms with van der Waals surface area (Å²) >= 11 is 5.78. The Hall–Kier alpha value is -1.04. The van der Waals surface area contributed by atoms with Crippen LogP contribution < -0.4 is 5.46 Å². The van der Waals surface area contributed by atoms with E-state index in [9.17, 15) is 4.79 Å². The number of benzene rings is 1. The second-order valence-corrected chi connectivity index (χ2v) is 3.72. The van der Waals surface area contributed by atoms with Crippen molar-refractivity contribution in [3.05, 3.63) is 28.8 Å². The molecule has 0 radical (unpaired) electrons. The number of hydrogen-bond donors (Lipinski definition) is 2. The van der Waals surface area contributed by atoms with Crippen LogP contribution in [0.15, 0.2) is 18.2 Å². The van der Waals surface area contributed by atoms with E-state index in [-0.39, 0.29) is 16.4 Å². The second kappa shape index (κ2) is 4.66. The highest BCUT2D eigenvalue weighted by atomic mass is 35.5. The molecule has 0 aliphatic rings. The molecule has 4 nitrogen and oxygen atoms in total. The van der Waals surface area contributed by atoms with Gasteiger partial charge in [-0.15, -0.1) is 0 Å². The van der Waals surface area contributed by atoms with Crippen molar-refractivity contribution in [1.82, 2.24) is 4.90 Å². The first-order valence-corrected chi connectivity index (χ1v) is 4.68. The Bertz CT molecular complexity index is 382. The van der Waals surface area contributed by atoms with Crippen molar-refractivity contribution in [2.75, 3.05) is 14.1 Å². The average Bonchev–Trinajstić information content (AvgIpc) is 2.15. The Kier molecular flexibility index (Phi) is 3.74. The molecule has 0 unspecified atom stereocenters. The third-order valence-electron chi connectivity index (χ3n) is 1.93. The molecule has 1 amide bonds. The predicted molar refractivity (Wildman–Crippen MR) is 59.3 cm³/mol. The molecule has 0 aromatic heterocycles. The first kappa shape index (κ1) is 12.0. The maximum absolute atomic E-state index is 11.5. The second-order valence-electron chi connectivity index (χ2n) is 3.31. The lowest BCUT2D eigenvalue weighted by atomic mass is 9.80. The van der Waals surface area contributed by atoms with Crippen LogP contribution in [0.1, 0.15) is 10.4 Å². The van der Waals surface area contributed by atoms with Gasteiger partial charge < -0.3 is 14.9 Å². The maximum Gasteiger partial charge on any atom is 0.489 e. The van der Waals surface area contributed by atoms with E-state index < -0.39 is 7.12 Å². The first-order chi connectivity index (χ1) is 6.93. The van der Waals surface area contributed by atoms with Crippen LogP contribution in [0.4, 0.5) is 0 Å². The number of carbonyl (C=O) groups excluding carboxylic acids is 1. The Morgan fingerprint density at radius 2 is 2.00 bits per heavy atom. The highest BCUT2D eigenvalue weighted by molar-refractivity contribution is 6.62. The van der Waals surface area contributed by atoms with Gasteiger partial charge in [-0.05, 0) is 12.1 Å². The zero-order valence-corrected chi connectivity index (χ0v) is 9.19. The van der Waals surface area contributed by atoms with Gasteiger partial charge in [0, 0.05) is 30.1 Å². The van der Waals surface area contributed by atoms with Gasteiger partial charge in [0.15, 0.2) is 0 Å². The molecule has 0 spiro atoms. The zero-order chi connectivity index (χ0) is 11.6. The van der Waals surface area contributed by atoms with Crippen molar-refractivity contribution in [3.63, 3.8) is 0 Å². The Morgan fingerprint density at radius 1 is 1.40 bits per heavy atom. The lowest BCUT2D eigenvalue weighted by Gasteiger charge is -2.11. The van der Waals surface area contributed by atoms with E-state index in [2.05, 4.69) is 0 Å². The molecule has 15 heavy (non-hydrogen) atoms. The van der Waals surface area contributed by atoms with Crippen molar-refractivity contribution < 1.29 is 14.8 Å². The summed E-state index contributed by atoms with van der Waals surface area (Å²) < 4.78 is 0. The summed E-state index contributed by atoms with van der Waals surface area (Å²) in [6.45, 7) is 0. The number of carbonyl (C=O) groups is 1. The van der Waals surface area contributed by atoms with E-state index in [0.717, 1.165) is 0 Å². The molecule has 0 saturated carbocycles. The summed E-state index contributed by atoms with van der Waals surface area (Å²) in [5, 5.41) is 18.0. The molecule has 0 saturated heterocycles. The molecular weight excluding hydrogens is 216 g/mol. The molecule has 0 bridgehead atoms. The number of rotatable bonds is 2. The molecule has 1 aromatic carbocycles. The van der Waals surface area contributed by atoms with Crippen LogP contribution in [-0.2, 0) is 0 Å². The SMILES string of the molecule is CN(C)C(=O)c1ccc(B(O)O)c(Cl)c1. The van der Waals surface area contributed by atoms with Crippen LogP contribution in [0.2, 0.25) is 5.02 Å². The smallest absolute Gasteiger partial charge is 0.423 e. The third kappa shape index (κ3) is 2.71. The molecular formula is C9H11BClNO3. The Labute approximate surface area is 93.2 Å². The normalized spacial score (nSPS) is 9.93. The summed E-state index contributed by atoms with van der Waals surface area (Å²) in [6.07, 6.45) is 0. The predicted octanol–water partition coefficient (Wildman–Crippen LogP) is -0.278. The highest BCUT2D eigenvalue weighted by Gasteiger charge is 2.17. The van der Waals surface area contributed by atoms with Gasteiger partial charge >= 0.3 is 7.12 Å². The highest BCUT2D eigenvalue weighted by Crippen LogP contribution is 2.10. The first-order valence-electron chi connectivity index (χ1n) is 4.30. The van der Waals surface area contributed by atoms with Crippen molar-refractivity contribution in [1.29, 1.82) is 0 Å². The van der Waals surface area contributed by atoms with Crippen molar-refractivity contribution in [3.8, 4) is 0 Å². The number of hydrogen-bond acceptors (Lipinski definition) is 3. The summed E-state index contributed by atoms with van der Waals surface area (Å²) in [7, 11) is 1.64. The fourth-order valence-corrected chi connectivity index (χ4v) is 1.41. The third-order valence-corrected chi connectivity index (χ3v) is 2.26. The maximum atomic E-state index is 11.5. The van der Waals surface area contributed by atoms with E-state index in [1.165, 1.54) is 23.1 Å². The Balaban J connectivity index is 3.07. The minimum absolute atomic E-state index is 0.165. The van der Waals surface area contributed by atoms with Gasteiger partial charge in [-0.1, -0.05) is 17.7 Å². The average molecular weight is 227 g/mol. The van der Waals surface area contributed by atoms with Crippen molar-refractivity contribution >= 4 is 30.1 Å². The largest absolute Gasteiger partial charge is 0.489 e. The molecule has 0 aliphatic heterocycles. The van der Waals surface area contributed by atoms with Crippen LogP contribution in [0, 0.1) is 0 Å². The van der Waals surface area contributed by atoms with E-state index in [1.54, 1.807) is 14.1 Å². The molecule has 1 aromatic rings. The van der Waals surface area contributed by atoms with Crippen molar-refractivity contribution in [2.24, 2.45) is 0 Å². The van der Waals surface area contributed by atoms with E-state index in [4.69, 9.17) is 21.6 Å². The van der Waals surface area contributed by atoms with Gasteiger partial charge in [-0.25, -0.2) is 0 Å². The summed E-state index contributed by atoms with van der Waals surface area (Å²) in [5.41, 5.74) is 0.598. The van der Waals surface area contributed by atoms with Gasteiger partial charge in [0.05, 0.1) is 0 Å². The van der Waals surface area contributed by atoms with Crippen LogP contribution in [-0.4, -0.2) is 42.1 Å². The molecule has 1 rings (SSSR count). The fraction of sp³-hybridized carbons (Fsp3) is 0.222. The minimum atomic E-state index is -1.62. The molecule has 0 heterocycles. The standard InChI is InChI=1S/C9H11BClNO3/c1-12(2)9(13)6-3-4-7(10(14)15)8(11)5-6/h3-5,14-15H,1-2H3. The van der Waals surface area contributed by atoms with Gasteiger partial charge in [0.2, 0.25) is 0 Å². The summed E-state index contributed by atoms with van der Waals surface area (Å²) in [5.74, 6) is -0.184. The quantitative estimate of drug-likeness (QED) is 0.683. The topological polar surface area (TPSA) is 60.8 Å². The van der Waals surface area contributed by atoms with Gasteiger partial charge in [0.1, 0.15) is 0 Å². The van der Waals surface area contributed by atoms with Gasteiger partial charge in [-0.2, -0.15) is 0 Å². The number of nitrogens with zero attached hydrogens (tertiary/aromatic N) is 1. The lowest BCUT2D eigenvalue weighted by molar-refractivity contribution is 0.0827. The number of halogens is 1. The summed E-state index contributed by atoms with van der Waals surface area (Å²) in [4.78, 5) is 12.9.